The summed E-state index contributed by atoms with van der Waals surface area (Å²) in [5, 5.41) is 15.9. The number of carbonyl (C=O) groups excluding carboxylic acids is 3. The molecule has 8 nitrogen and oxygen atoms in total. The zero-order chi connectivity index (χ0) is 23.8. The third kappa shape index (κ3) is 3.98. The van der Waals surface area contributed by atoms with Crippen LogP contribution in [0.25, 0.3) is 0 Å². The van der Waals surface area contributed by atoms with Crippen LogP contribution in [0.15, 0.2) is 30.3 Å². The number of fused-ring (bicyclic) bond motifs is 1. The second kappa shape index (κ2) is 9.72. The Bertz CT molecular complexity index is 895. The average Bonchev–Trinajstić information content (AvgIpc) is 3.41. The van der Waals surface area contributed by atoms with E-state index >= 15 is 0 Å². The van der Waals surface area contributed by atoms with E-state index in [0.29, 0.717) is 25.9 Å². The van der Waals surface area contributed by atoms with Gasteiger partial charge in [-0.1, -0.05) is 60.1 Å². The molecule has 7 atom stereocenters. The molecule has 1 spiro atoms. The predicted molar refractivity (Wildman–Crippen MR) is 125 cm³/mol. The molecule has 3 heterocycles. The van der Waals surface area contributed by atoms with Crippen molar-refractivity contribution in [2.75, 3.05) is 13.2 Å². The number of alkyl halides is 1. The minimum Gasteiger partial charge on any atom is -0.394 e. The number of amides is 3. The van der Waals surface area contributed by atoms with Crippen molar-refractivity contribution >= 4 is 33.7 Å². The Morgan fingerprint density at radius 1 is 1.24 bits per heavy atom. The fourth-order valence-corrected chi connectivity index (χ4v) is 6.66. The topological polar surface area (TPSA) is 108 Å². The molecule has 1 aromatic rings. The van der Waals surface area contributed by atoms with Crippen LogP contribution in [-0.2, 0) is 25.7 Å². The number of aliphatic hydroxyl groups is 1. The van der Waals surface area contributed by atoms with Crippen LogP contribution in [0.1, 0.15) is 38.7 Å². The van der Waals surface area contributed by atoms with Gasteiger partial charge in [-0.3, -0.25) is 14.4 Å². The summed E-state index contributed by atoms with van der Waals surface area (Å²) in [4.78, 5) is 41.8. The smallest absolute Gasteiger partial charge is 0.246 e. The van der Waals surface area contributed by atoms with E-state index in [4.69, 9.17) is 4.74 Å². The summed E-state index contributed by atoms with van der Waals surface area (Å²) in [6.45, 7) is 4.41. The number of halogens is 1. The molecule has 3 aliphatic rings. The molecule has 0 aromatic heterocycles. The van der Waals surface area contributed by atoms with E-state index in [0.717, 1.165) is 12.0 Å². The molecular formula is C24H32BrN3O5. The van der Waals surface area contributed by atoms with E-state index < -0.39 is 35.6 Å². The minimum absolute atomic E-state index is 0.141. The van der Waals surface area contributed by atoms with Crippen LogP contribution in [0, 0.1) is 11.8 Å². The van der Waals surface area contributed by atoms with Gasteiger partial charge in [-0.25, -0.2) is 0 Å². The second-order valence-corrected chi connectivity index (χ2v) is 10.3. The first-order chi connectivity index (χ1) is 15.9. The molecule has 4 rings (SSSR count). The zero-order valence-corrected chi connectivity index (χ0v) is 20.6. The molecule has 2 bridgehead atoms. The number of ether oxygens (including phenoxy) is 1. The highest BCUT2D eigenvalue weighted by Crippen LogP contribution is 2.60. The van der Waals surface area contributed by atoms with Crippen molar-refractivity contribution in [3.63, 3.8) is 0 Å². The van der Waals surface area contributed by atoms with Crippen molar-refractivity contribution < 1.29 is 24.2 Å². The quantitative estimate of drug-likeness (QED) is 0.425. The van der Waals surface area contributed by atoms with E-state index in [-0.39, 0.29) is 29.2 Å². The molecule has 3 N–H and O–H groups in total. The van der Waals surface area contributed by atoms with Crippen molar-refractivity contribution in [3.8, 4) is 0 Å². The van der Waals surface area contributed by atoms with Gasteiger partial charge in [0.15, 0.2) is 0 Å². The number of benzene rings is 1. The van der Waals surface area contributed by atoms with Gasteiger partial charge in [-0.15, -0.1) is 0 Å². The molecular weight excluding hydrogens is 490 g/mol. The van der Waals surface area contributed by atoms with Gasteiger partial charge >= 0.3 is 0 Å². The molecule has 0 saturated carbocycles. The lowest BCUT2D eigenvalue weighted by molar-refractivity contribution is -0.145. The highest BCUT2D eigenvalue weighted by atomic mass is 79.9. The van der Waals surface area contributed by atoms with Crippen molar-refractivity contribution in [3.05, 3.63) is 35.9 Å². The third-order valence-corrected chi connectivity index (χ3v) is 8.06. The number of rotatable bonds is 9. The van der Waals surface area contributed by atoms with Gasteiger partial charge < -0.3 is 25.4 Å². The molecule has 1 aromatic carbocycles. The summed E-state index contributed by atoms with van der Waals surface area (Å²) < 4.78 is 6.42. The predicted octanol–water partition coefficient (Wildman–Crippen LogP) is 1.35. The standard InChI is InChI=1S/C24H32BrN3O5/c1-3-10-26-21(30)17-18-23(32)28(15(4-2)13-29)20(24(18)11-16(25)19(17)33-24)22(31)27-12-14-8-6-5-7-9-14/h5-9,15-20,29H,3-4,10-13H2,1-2H3,(H,26,30)(H,27,31)/t15-,16?,17+,18-,19+,20?,24?/m0/s1. The first-order valence-electron chi connectivity index (χ1n) is 11.7. The van der Waals surface area contributed by atoms with Gasteiger partial charge in [0.2, 0.25) is 17.7 Å². The average molecular weight is 522 g/mol. The Kier molecular flexibility index (Phi) is 7.12. The first-order valence-corrected chi connectivity index (χ1v) is 12.6. The maximum absolute atomic E-state index is 13.8. The molecule has 3 saturated heterocycles. The number of hydrogen-bond donors (Lipinski definition) is 3. The minimum atomic E-state index is -1.10. The number of nitrogens with zero attached hydrogens (tertiary/aromatic N) is 1. The van der Waals surface area contributed by atoms with Crippen LogP contribution in [0.2, 0.25) is 0 Å². The van der Waals surface area contributed by atoms with Gasteiger partial charge in [-0.2, -0.15) is 0 Å². The van der Waals surface area contributed by atoms with Crippen LogP contribution in [0.5, 0.6) is 0 Å². The molecule has 3 aliphatic heterocycles. The lowest BCUT2D eigenvalue weighted by atomic mass is 9.70. The normalized spacial score (nSPS) is 33.2. The number of aliphatic hydroxyl groups excluding tert-OH is 1. The zero-order valence-electron chi connectivity index (χ0n) is 19.0. The van der Waals surface area contributed by atoms with Gasteiger partial charge in [0.25, 0.3) is 0 Å². The molecule has 3 amide bonds. The molecule has 180 valence electrons. The van der Waals surface area contributed by atoms with E-state index in [1.54, 1.807) is 0 Å². The maximum Gasteiger partial charge on any atom is 0.246 e. The van der Waals surface area contributed by atoms with Crippen molar-refractivity contribution in [1.29, 1.82) is 0 Å². The molecule has 3 fully saturated rings. The van der Waals surface area contributed by atoms with Crippen LogP contribution in [0.3, 0.4) is 0 Å². The fraction of sp³-hybridized carbons (Fsp3) is 0.625. The van der Waals surface area contributed by atoms with Crippen molar-refractivity contribution in [1.82, 2.24) is 15.5 Å². The molecule has 3 unspecified atom stereocenters. The summed E-state index contributed by atoms with van der Waals surface area (Å²) in [5.74, 6) is -2.24. The van der Waals surface area contributed by atoms with Gasteiger partial charge in [0.05, 0.1) is 30.6 Å². The van der Waals surface area contributed by atoms with E-state index in [1.807, 2.05) is 44.2 Å². The lowest BCUT2D eigenvalue weighted by Crippen LogP contribution is -2.58. The van der Waals surface area contributed by atoms with E-state index in [1.165, 1.54) is 4.90 Å². The monoisotopic (exact) mass is 521 g/mol. The number of hydrogen-bond acceptors (Lipinski definition) is 5. The summed E-state index contributed by atoms with van der Waals surface area (Å²) in [5.41, 5.74) is -0.162. The Morgan fingerprint density at radius 2 is 1.97 bits per heavy atom. The van der Waals surface area contributed by atoms with E-state index in [9.17, 15) is 19.5 Å². The molecule has 33 heavy (non-hydrogen) atoms. The number of likely N-dealkylation sites (tertiary alicyclic amines) is 1. The second-order valence-electron chi connectivity index (χ2n) is 9.15. The van der Waals surface area contributed by atoms with Crippen molar-refractivity contribution in [2.45, 2.75) is 68.3 Å². The van der Waals surface area contributed by atoms with Crippen molar-refractivity contribution in [2.24, 2.45) is 11.8 Å². The SMILES string of the molecule is CCCNC(=O)[C@H]1[C@@H]2OC3(CC2Br)C(C(=O)NCc2ccccc2)N([C@@H](CC)CO)C(=O)[C@H]13. The largest absolute Gasteiger partial charge is 0.394 e. The lowest BCUT2D eigenvalue weighted by Gasteiger charge is -2.36. The summed E-state index contributed by atoms with van der Waals surface area (Å²) in [6, 6.07) is 8.10. The molecule has 9 heteroatoms. The van der Waals surface area contributed by atoms with Gasteiger partial charge in [-0.05, 0) is 24.8 Å². The van der Waals surface area contributed by atoms with Crippen LogP contribution in [0.4, 0.5) is 0 Å². The fourth-order valence-electron chi connectivity index (χ4n) is 5.72. The summed E-state index contributed by atoms with van der Waals surface area (Å²) in [6.07, 6.45) is 1.25. The Balaban J connectivity index is 1.68. The van der Waals surface area contributed by atoms with E-state index in [2.05, 4.69) is 26.6 Å². The van der Waals surface area contributed by atoms with Crippen LogP contribution < -0.4 is 10.6 Å². The van der Waals surface area contributed by atoms with Crippen LogP contribution >= 0.6 is 15.9 Å². The van der Waals surface area contributed by atoms with Crippen LogP contribution in [-0.4, -0.2) is 69.5 Å². The highest BCUT2D eigenvalue weighted by molar-refractivity contribution is 9.09. The Hall–Kier alpha value is -1.97. The number of carbonyl (C=O) groups is 3. The van der Waals surface area contributed by atoms with Gasteiger partial charge in [0.1, 0.15) is 11.6 Å². The molecule has 0 radical (unpaired) electrons. The third-order valence-electron chi connectivity index (χ3n) is 7.21. The highest BCUT2D eigenvalue weighted by Gasteiger charge is 2.76. The van der Waals surface area contributed by atoms with Gasteiger partial charge in [0, 0.05) is 17.9 Å². The Labute approximate surface area is 202 Å². The summed E-state index contributed by atoms with van der Waals surface area (Å²) >= 11 is 3.65. The molecule has 0 aliphatic carbocycles. The summed E-state index contributed by atoms with van der Waals surface area (Å²) in [7, 11) is 0. The number of nitrogens with one attached hydrogen (secondary N) is 2. The Morgan fingerprint density at radius 3 is 2.61 bits per heavy atom. The maximum atomic E-state index is 13.8. The first kappa shape index (κ1) is 24.2.